The number of rotatable bonds is 11. The number of anilines is 4. The second kappa shape index (κ2) is 13.6. The predicted octanol–water partition coefficient (Wildman–Crippen LogP) is 6.00. The zero-order chi connectivity index (χ0) is 25.3. The molecule has 1 aromatic carbocycles. The van der Waals surface area contributed by atoms with Gasteiger partial charge in [0.25, 0.3) is 0 Å². The van der Waals surface area contributed by atoms with E-state index in [-0.39, 0.29) is 0 Å². The van der Waals surface area contributed by atoms with Gasteiger partial charge in [-0.15, -0.1) is 0 Å². The van der Waals surface area contributed by atoms with E-state index in [0.717, 1.165) is 35.5 Å². The molecule has 2 aromatic rings. The number of hydrogen-bond acceptors (Lipinski definition) is 8. The summed E-state index contributed by atoms with van der Waals surface area (Å²) < 4.78 is 6.43. The van der Waals surface area contributed by atoms with Gasteiger partial charge in [0.05, 0.1) is 7.11 Å². The lowest BCUT2D eigenvalue weighted by Gasteiger charge is -2.25. The molecule has 0 bridgehead atoms. The lowest BCUT2D eigenvalue weighted by atomic mass is 10.1. The van der Waals surface area contributed by atoms with Crippen LogP contribution < -0.4 is 20.3 Å². The third kappa shape index (κ3) is 6.90. The summed E-state index contributed by atoms with van der Waals surface area (Å²) >= 11 is 2.38. The van der Waals surface area contributed by atoms with Gasteiger partial charge in [0.1, 0.15) is 5.75 Å². The monoisotopic (exact) mass is 607 g/mol. The molecule has 1 unspecified atom stereocenters. The first-order chi connectivity index (χ1) is 17.6. The highest BCUT2D eigenvalue weighted by molar-refractivity contribution is 14.1. The van der Waals surface area contributed by atoms with E-state index in [9.17, 15) is 0 Å². The van der Waals surface area contributed by atoms with Crippen LogP contribution in [0.15, 0.2) is 18.2 Å². The summed E-state index contributed by atoms with van der Waals surface area (Å²) in [7, 11) is 1.72. The third-order valence-electron chi connectivity index (χ3n) is 7.49. The normalized spacial score (nSPS) is 19.2. The highest BCUT2D eigenvalue weighted by Crippen LogP contribution is 2.31. The van der Waals surface area contributed by atoms with Crippen LogP contribution in [0.5, 0.6) is 5.75 Å². The number of ether oxygens (including phenoxy) is 1. The molecule has 1 atom stereocenters. The van der Waals surface area contributed by atoms with E-state index >= 15 is 0 Å². The minimum Gasteiger partial charge on any atom is -0.496 e. The Morgan fingerprint density at radius 2 is 1.81 bits per heavy atom. The molecule has 2 N–H and O–H groups in total. The maximum Gasteiger partial charge on any atom is 0.236 e. The topological polar surface area (TPSA) is 78.4 Å². The lowest BCUT2D eigenvalue weighted by molar-refractivity contribution is 0.277. The van der Waals surface area contributed by atoms with Crippen LogP contribution in [0.25, 0.3) is 0 Å². The zero-order valence-electron chi connectivity index (χ0n) is 22.1. The Bertz CT molecular complexity index is 967. The number of aromatic nitrogens is 3. The molecule has 9 heteroatoms. The molecule has 4 rings (SSSR count). The van der Waals surface area contributed by atoms with Crippen LogP contribution in [-0.4, -0.2) is 65.2 Å². The largest absolute Gasteiger partial charge is 0.496 e. The summed E-state index contributed by atoms with van der Waals surface area (Å²) in [6, 6.07) is 7.26. The third-order valence-corrected chi connectivity index (χ3v) is 8.31. The fourth-order valence-electron chi connectivity index (χ4n) is 5.46. The number of hydrogen-bond donors (Lipinski definition) is 2. The number of halogens is 1. The Balaban J connectivity index is 1.61. The second-order valence-corrected chi connectivity index (χ2v) is 10.6. The van der Waals surface area contributed by atoms with Crippen molar-refractivity contribution in [2.75, 3.05) is 48.8 Å². The maximum atomic E-state index is 5.55. The molecule has 1 aromatic heterocycles. The van der Waals surface area contributed by atoms with E-state index < -0.39 is 0 Å². The van der Waals surface area contributed by atoms with Gasteiger partial charge < -0.3 is 20.3 Å². The number of nitrogens with one attached hydrogen (secondary N) is 2. The predicted molar refractivity (Wildman–Crippen MR) is 157 cm³/mol. The van der Waals surface area contributed by atoms with Crippen molar-refractivity contribution in [3.8, 4) is 5.75 Å². The molecule has 1 saturated carbocycles. The molecule has 36 heavy (non-hydrogen) atoms. The van der Waals surface area contributed by atoms with Gasteiger partial charge in [-0.25, -0.2) is 0 Å². The van der Waals surface area contributed by atoms with Gasteiger partial charge in [0, 0.05) is 40.9 Å². The molecule has 1 saturated heterocycles. The van der Waals surface area contributed by atoms with E-state index in [4.69, 9.17) is 19.7 Å². The quantitative estimate of drug-likeness (QED) is 0.183. The Kier molecular flexibility index (Phi) is 10.3. The van der Waals surface area contributed by atoms with Crippen LogP contribution in [0.1, 0.15) is 70.8 Å². The molecule has 0 radical (unpaired) electrons. The van der Waals surface area contributed by atoms with Gasteiger partial charge in [-0.2, -0.15) is 15.0 Å². The molecule has 8 nitrogen and oxygen atoms in total. The molecule has 2 aliphatic rings. The molecule has 1 aliphatic heterocycles. The summed E-state index contributed by atoms with van der Waals surface area (Å²) in [4.78, 5) is 19.4. The van der Waals surface area contributed by atoms with Crippen molar-refractivity contribution in [1.82, 2.24) is 19.9 Å². The van der Waals surface area contributed by atoms with Crippen LogP contribution >= 0.6 is 22.6 Å². The van der Waals surface area contributed by atoms with Crippen LogP contribution in [0.3, 0.4) is 0 Å². The first-order valence-corrected chi connectivity index (χ1v) is 15.2. The summed E-state index contributed by atoms with van der Waals surface area (Å²) in [6.07, 6.45) is 10.0. The van der Waals surface area contributed by atoms with E-state index in [2.05, 4.69) is 69.0 Å². The molecule has 0 amide bonds. The van der Waals surface area contributed by atoms with Gasteiger partial charge in [-0.3, -0.25) is 4.90 Å². The molecule has 2 fully saturated rings. The van der Waals surface area contributed by atoms with Crippen molar-refractivity contribution in [2.45, 2.75) is 81.7 Å². The Labute approximate surface area is 230 Å². The fraction of sp³-hybridized carbons (Fsp3) is 0.667. The summed E-state index contributed by atoms with van der Waals surface area (Å²) in [5, 5.41) is 7.22. The van der Waals surface area contributed by atoms with Gasteiger partial charge in [0.2, 0.25) is 17.8 Å². The van der Waals surface area contributed by atoms with E-state index in [1.807, 2.05) is 6.07 Å². The Morgan fingerprint density at radius 1 is 1.03 bits per heavy atom. The number of methoxy groups -OCH3 is 1. The Hall–Kier alpha value is -1.88. The molecular weight excluding hydrogens is 565 g/mol. The molecule has 2 heterocycles. The molecular formula is C27H42IN7O. The minimum absolute atomic E-state index is 0.419. The van der Waals surface area contributed by atoms with E-state index in [0.29, 0.717) is 29.9 Å². The SMILES string of the molecule is CCN(c1ccc(OC)c(CI)c1)c1nc(NCC2CCCN2CC)nc(NC2CCCCCC2)n1. The number of benzene rings is 1. The summed E-state index contributed by atoms with van der Waals surface area (Å²) in [6.45, 7) is 8.26. The number of likely N-dealkylation sites (N-methyl/N-ethyl adjacent to an activating group) is 1. The van der Waals surface area contributed by atoms with Crippen LogP contribution in [0.2, 0.25) is 0 Å². The number of alkyl halides is 1. The molecule has 0 spiro atoms. The van der Waals surface area contributed by atoms with Gasteiger partial charge in [0.15, 0.2) is 0 Å². The van der Waals surface area contributed by atoms with E-state index in [1.54, 1.807) is 7.11 Å². The first-order valence-electron chi connectivity index (χ1n) is 13.7. The fourth-order valence-corrected chi connectivity index (χ4v) is 6.06. The number of nitrogens with zero attached hydrogens (tertiary/aromatic N) is 5. The average molecular weight is 608 g/mol. The second-order valence-electron chi connectivity index (χ2n) is 9.80. The number of likely N-dealkylation sites (tertiary alicyclic amines) is 1. The van der Waals surface area contributed by atoms with Crippen molar-refractivity contribution < 1.29 is 4.74 Å². The zero-order valence-corrected chi connectivity index (χ0v) is 24.3. The lowest BCUT2D eigenvalue weighted by Crippen LogP contribution is -2.35. The van der Waals surface area contributed by atoms with Crippen LogP contribution in [0, 0.1) is 0 Å². The van der Waals surface area contributed by atoms with Gasteiger partial charge in [-0.05, 0) is 63.9 Å². The van der Waals surface area contributed by atoms with E-state index in [1.165, 1.54) is 63.5 Å². The van der Waals surface area contributed by atoms with Crippen molar-refractivity contribution in [2.24, 2.45) is 0 Å². The standard InChI is InChI=1S/C27H42IN7O/c1-4-34-16-10-13-23(34)19-29-25-31-26(30-21-11-8-6-7-9-12-21)33-27(32-25)35(5-2)22-14-15-24(36-3)20(17-22)18-28/h14-15,17,21,23H,4-13,16,18-19H2,1-3H3,(H2,29,30,31,32,33). The van der Waals surface area contributed by atoms with Crippen molar-refractivity contribution >= 4 is 46.1 Å². The highest BCUT2D eigenvalue weighted by Gasteiger charge is 2.24. The summed E-state index contributed by atoms with van der Waals surface area (Å²) in [5.41, 5.74) is 2.23. The average Bonchev–Trinajstić information content (AvgIpc) is 3.22. The highest BCUT2D eigenvalue weighted by atomic mass is 127. The first kappa shape index (κ1) is 27.2. The summed E-state index contributed by atoms with van der Waals surface area (Å²) in [5.74, 6) is 2.92. The molecule has 198 valence electrons. The van der Waals surface area contributed by atoms with Gasteiger partial charge in [-0.1, -0.05) is 55.2 Å². The maximum absolute atomic E-state index is 5.55. The van der Waals surface area contributed by atoms with Crippen molar-refractivity contribution in [3.63, 3.8) is 0 Å². The van der Waals surface area contributed by atoms with Crippen molar-refractivity contribution in [3.05, 3.63) is 23.8 Å². The van der Waals surface area contributed by atoms with Crippen LogP contribution in [0.4, 0.5) is 23.5 Å². The van der Waals surface area contributed by atoms with Crippen molar-refractivity contribution in [1.29, 1.82) is 0 Å². The van der Waals surface area contributed by atoms with Crippen LogP contribution in [-0.2, 0) is 4.43 Å². The smallest absolute Gasteiger partial charge is 0.236 e. The Morgan fingerprint density at radius 3 is 2.50 bits per heavy atom. The minimum atomic E-state index is 0.419. The molecule has 1 aliphatic carbocycles. The van der Waals surface area contributed by atoms with Gasteiger partial charge >= 0.3 is 0 Å².